The van der Waals surface area contributed by atoms with Crippen molar-refractivity contribution in [1.29, 1.82) is 0 Å². The molecule has 168 valence electrons. The minimum Gasteiger partial charge on any atom is -0.337 e. The van der Waals surface area contributed by atoms with Crippen LogP contribution in [0.2, 0.25) is 5.02 Å². The molecule has 0 aliphatic carbocycles. The van der Waals surface area contributed by atoms with Gasteiger partial charge in [0.15, 0.2) is 5.16 Å². The maximum Gasteiger partial charge on any atom is 0.267 e. The number of aryl methyl sites for hydroxylation is 1. The van der Waals surface area contributed by atoms with Crippen LogP contribution in [0.5, 0.6) is 0 Å². The first-order valence-corrected chi connectivity index (χ1v) is 12.9. The molecule has 0 spiro atoms. The van der Waals surface area contributed by atoms with E-state index in [1.807, 2.05) is 60.4 Å². The van der Waals surface area contributed by atoms with Crippen LogP contribution < -0.4 is 5.56 Å². The van der Waals surface area contributed by atoms with Gasteiger partial charge in [-0.05, 0) is 42.2 Å². The molecule has 0 N–H and O–H groups in total. The molecule has 2 aromatic heterocycles. The Balaban J connectivity index is 1.67. The molecule has 1 amide bonds. The Labute approximate surface area is 205 Å². The van der Waals surface area contributed by atoms with Crippen molar-refractivity contribution >= 4 is 50.8 Å². The molecule has 5 rings (SSSR count). The molecule has 3 heterocycles. The Bertz CT molecular complexity index is 1440. The number of nitrogens with zero attached hydrogens (tertiary/aromatic N) is 3. The highest BCUT2D eigenvalue weighted by Crippen LogP contribution is 2.35. The number of thiophene rings is 1. The van der Waals surface area contributed by atoms with E-state index in [4.69, 9.17) is 16.6 Å². The van der Waals surface area contributed by atoms with Crippen molar-refractivity contribution in [3.05, 3.63) is 85.5 Å². The Morgan fingerprint density at radius 3 is 2.70 bits per heavy atom. The molecule has 33 heavy (non-hydrogen) atoms. The number of hydrogen-bond acceptors (Lipinski definition) is 5. The van der Waals surface area contributed by atoms with Gasteiger partial charge in [-0.15, -0.1) is 11.3 Å². The summed E-state index contributed by atoms with van der Waals surface area (Å²) in [6.07, 6.45) is 0.672. The Morgan fingerprint density at radius 1 is 1.18 bits per heavy atom. The maximum atomic E-state index is 13.9. The van der Waals surface area contributed by atoms with Crippen molar-refractivity contribution in [2.24, 2.45) is 0 Å². The number of hydrogen-bond donors (Lipinski definition) is 0. The van der Waals surface area contributed by atoms with E-state index in [1.54, 1.807) is 11.5 Å². The van der Waals surface area contributed by atoms with E-state index in [0.29, 0.717) is 40.8 Å². The zero-order chi connectivity index (χ0) is 23.1. The van der Waals surface area contributed by atoms with Crippen molar-refractivity contribution in [1.82, 2.24) is 14.5 Å². The van der Waals surface area contributed by atoms with E-state index < -0.39 is 0 Å². The molecular formula is C25H22ClN3O2S2. The first-order valence-electron chi connectivity index (χ1n) is 10.7. The summed E-state index contributed by atoms with van der Waals surface area (Å²) in [5.41, 5.74) is 3.82. The number of amides is 1. The summed E-state index contributed by atoms with van der Waals surface area (Å²) in [5, 5.41) is 2.03. The summed E-state index contributed by atoms with van der Waals surface area (Å²) in [7, 11) is 0. The van der Waals surface area contributed by atoms with Crippen molar-refractivity contribution in [2.75, 3.05) is 6.54 Å². The molecule has 2 aromatic carbocycles. The second kappa shape index (κ2) is 8.97. The van der Waals surface area contributed by atoms with Crippen molar-refractivity contribution in [3.8, 4) is 5.69 Å². The van der Waals surface area contributed by atoms with E-state index >= 15 is 0 Å². The zero-order valence-electron chi connectivity index (χ0n) is 18.3. The van der Waals surface area contributed by atoms with E-state index in [-0.39, 0.29) is 11.5 Å². The van der Waals surface area contributed by atoms with Crippen molar-refractivity contribution < 1.29 is 4.79 Å². The number of para-hydroxylation sites is 1. The molecule has 0 radical (unpaired) electrons. The molecule has 0 atom stereocenters. The maximum absolute atomic E-state index is 13.9. The van der Waals surface area contributed by atoms with Crippen LogP contribution >= 0.6 is 34.7 Å². The minimum atomic E-state index is -0.0512. The average Bonchev–Trinajstić information content (AvgIpc) is 3.17. The SMILES string of the molecule is CC(=O)N1CCc2c(sc3nc(SCc4ccccc4Cl)n(-c4ccccc4C)c(=O)c23)C1. The number of rotatable bonds is 4. The van der Waals surface area contributed by atoms with Gasteiger partial charge in [-0.1, -0.05) is 59.8 Å². The highest BCUT2D eigenvalue weighted by Gasteiger charge is 2.27. The normalized spacial score (nSPS) is 13.4. The number of carbonyl (C=O) groups excluding carboxylic acids is 1. The van der Waals surface area contributed by atoms with Gasteiger partial charge in [-0.2, -0.15) is 0 Å². The van der Waals surface area contributed by atoms with E-state index in [0.717, 1.165) is 32.1 Å². The second-order valence-electron chi connectivity index (χ2n) is 8.08. The van der Waals surface area contributed by atoms with Gasteiger partial charge in [0.2, 0.25) is 5.91 Å². The number of carbonyl (C=O) groups is 1. The smallest absolute Gasteiger partial charge is 0.267 e. The minimum absolute atomic E-state index is 0.0512. The third-order valence-corrected chi connectivity index (χ3v) is 8.43. The van der Waals surface area contributed by atoms with Gasteiger partial charge < -0.3 is 4.90 Å². The van der Waals surface area contributed by atoms with Gasteiger partial charge in [0.05, 0.1) is 17.6 Å². The molecule has 0 saturated carbocycles. The molecule has 4 aromatic rings. The Kier molecular flexibility index (Phi) is 6.03. The van der Waals surface area contributed by atoms with Crippen LogP contribution in [0.3, 0.4) is 0 Å². The molecule has 0 bridgehead atoms. The number of halogens is 1. The highest BCUT2D eigenvalue weighted by atomic mass is 35.5. The standard InChI is InChI=1S/C25H22ClN3O2S2/c1-15-7-3-6-10-20(15)29-24(31)22-18-11-12-28(16(2)30)13-21(18)33-23(22)27-25(29)32-14-17-8-4-5-9-19(17)26/h3-10H,11-14H2,1-2H3. The summed E-state index contributed by atoms with van der Waals surface area (Å²) in [5.74, 6) is 0.659. The molecule has 1 aliphatic rings. The van der Waals surface area contributed by atoms with Crippen LogP contribution in [0, 0.1) is 6.92 Å². The van der Waals surface area contributed by atoms with Gasteiger partial charge in [-0.3, -0.25) is 14.2 Å². The highest BCUT2D eigenvalue weighted by molar-refractivity contribution is 7.98. The fraction of sp³-hybridized carbons (Fsp3) is 0.240. The summed E-state index contributed by atoms with van der Waals surface area (Å²) in [6, 6.07) is 15.6. The monoisotopic (exact) mass is 495 g/mol. The summed E-state index contributed by atoms with van der Waals surface area (Å²) >= 11 is 9.41. The van der Waals surface area contributed by atoms with Crippen LogP contribution in [0.4, 0.5) is 0 Å². The molecule has 8 heteroatoms. The number of benzene rings is 2. The van der Waals surface area contributed by atoms with Gasteiger partial charge in [0.25, 0.3) is 5.56 Å². The third kappa shape index (κ3) is 4.09. The summed E-state index contributed by atoms with van der Waals surface area (Å²) in [6.45, 7) is 4.76. The topological polar surface area (TPSA) is 55.2 Å². The Hall–Kier alpha value is -2.61. The largest absolute Gasteiger partial charge is 0.337 e. The third-order valence-electron chi connectivity index (χ3n) is 5.96. The van der Waals surface area contributed by atoms with Crippen molar-refractivity contribution in [3.63, 3.8) is 0 Å². The van der Waals surface area contributed by atoms with Crippen LogP contribution in [-0.2, 0) is 23.5 Å². The molecule has 0 unspecified atom stereocenters. The first kappa shape index (κ1) is 22.2. The molecule has 5 nitrogen and oxygen atoms in total. The fourth-order valence-electron chi connectivity index (χ4n) is 4.17. The van der Waals surface area contributed by atoms with Gasteiger partial charge in [0, 0.05) is 29.1 Å². The summed E-state index contributed by atoms with van der Waals surface area (Å²) < 4.78 is 1.74. The number of thioether (sulfide) groups is 1. The van der Waals surface area contributed by atoms with E-state index in [2.05, 4.69) is 0 Å². The number of aromatic nitrogens is 2. The van der Waals surface area contributed by atoms with Crippen LogP contribution in [0.15, 0.2) is 58.5 Å². The average molecular weight is 496 g/mol. The lowest BCUT2D eigenvalue weighted by molar-refractivity contribution is -0.129. The molecule has 1 aliphatic heterocycles. The van der Waals surface area contributed by atoms with Gasteiger partial charge >= 0.3 is 0 Å². The van der Waals surface area contributed by atoms with Crippen LogP contribution in [0.1, 0.15) is 28.5 Å². The zero-order valence-corrected chi connectivity index (χ0v) is 20.7. The number of fused-ring (bicyclic) bond motifs is 3. The van der Waals surface area contributed by atoms with Crippen LogP contribution in [0.25, 0.3) is 15.9 Å². The molecule has 0 saturated heterocycles. The van der Waals surface area contributed by atoms with E-state index in [9.17, 15) is 9.59 Å². The first-order chi connectivity index (χ1) is 15.9. The lowest BCUT2D eigenvalue weighted by Gasteiger charge is -2.25. The second-order valence-corrected chi connectivity index (χ2v) is 10.5. The van der Waals surface area contributed by atoms with Gasteiger partial charge in [0.1, 0.15) is 4.83 Å². The molecule has 0 fully saturated rings. The van der Waals surface area contributed by atoms with E-state index in [1.165, 1.54) is 23.1 Å². The van der Waals surface area contributed by atoms with Crippen LogP contribution in [-0.4, -0.2) is 26.9 Å². The predicted octanol–water partition coefficient (Wildman–Crippen LogP) is 5.61. The predicted molar refractivity (Wildman–Crippen MR) is 136 cm³/mol. The molecular weight excluding hydrogens is 474 g/mol. The Morgan fingerprint density at radius 2 is 1.94 bits per heavy atom. The van der Waals surface area contributed by atoms with Crippen molar-refractivity contribution in [2.45, 2.75) is 37.7 Å². The lowest BCUT2D eigenvalue weighted by Crippen LogP contribution is -2.34. The summed E-state index contributed by atoms with van der Waals surface area (Å²) in [4.78, 5) is 34.4. The quantitative estimate of drug-likeness (QED) is 0.273. The lowest BCUT2D eigenvalue weighted by atomic mass is 10.1. The fourth-order valence-corrected chi connectivity index (χ4v) is 6.74. The van der Waals surface area contributed by atoms with Gasteiger partial charge in [-0.25, -0.2) is 4.98 Å².